The van der Waals surface area contributed by atoms with Gasteiger partial charge in [-0.05, 0) is 17.7 Å². The van der Waals surface area contributed by atoms with Crippen LogP contribution in [0.15, 0.2) is 18.2 Å². The van der Waals surface area contributed by atoms with Crippen LogP contribution in [0.4, 0.5) is 0 Å². The number of benzene rings is 1. The number of ether oxygens (including phenoxy) is 5. The normalized spacial score (nSPS) is 23.3. The largest absolute Gasteiger partial charge is 0.486 e. The summed E-state index contributed by atoms with van der Waals surface area (Å²) in [5, 5.41) is 3.47. The molecule has 2 aliphatic rings. The molecule has 1 aromatic carbocycles. The van der Waals surface area contributed by atoms with Crippen molar-refractivity contribution in [1.82, 2.24) is 5.32 Å². The lowest BCUT2D eigenvalue weighted by Crippen LogP contribution is -2.58. The fraction of sp³-hybridized carbons (Fsp3) is 0.625. The van der Waals surface area contributed by atoms with Crippen LogP contribution in [0, 0.1) is 0 Å². The molecule has 0 aliphatic carbocycles. The number of hydrogen-bond donors (Lipinski definition) is 1. The van der Waals surface area contributed by atoms with E-state index in [-0.39, 0.29) is 6.04 Å². The molecular formula is C16H23NO5. The van der Waals surface area contributed by atoms with Crippen molar-refractivity contribution < 1.29 is 23.7 Å². The van der Waals surface area contributed by atoms with Gasteiger partial charge in [0.05, 0.1) is 19.3 Å². The van der Waals surface area contributed by atoms with Crippen LogP contribution in [0.2, 0.25) is 0 Å². The summed E-state index contributed by atoms with van der Waals surface area (Å²) in [7, 11) is 3.35. The van der Waals surface area contributed by atoms with Crippen molar-refractivity contribution in [3.8, 4) is 11.5 Å². The van der Waals surface area contributed by atoms with E-state index in [0.29, 0.717) is 39.4 Å². The summed E-state index contributed by atoms with van der Waals surface area (Å²) in [6, 6.07) is 5.96. The van der Waals surface area contributed by atoms with E-state index in [2.05, 4.69) is 5.32 Å². The Morgan fingerprint density at radius 1 is 1.14 bits per heavy atom. The summed E-state index contributed by atoms with van der Waals surface area (Å²) in [5.41, 5.74) is 1.12. The van der Waals surface area contributed by atoms with Crippen molar-refractivity contribution in [2.45, 2.75) is 24.8 Å². The third kappa shape index (κ3) is 3.05. The minimum atomic E-state index is -0.633. The standard InChI is InChI=1S/C16H23NO5/c1-18-16(19-2)5-6-20-11-15(16)17-10-12-3-4-13-14(9-12)22-8-7-21-13/h3-4,9,15,17H,5-8,10-11H2,1-2H3. The average molecular weight is 309 g/mol. The Bertz CT molecular complexity index is 503. The first-order chi connectivity index (χ1) is 10.8. The molecule has 0 saturated carbocycles. The molecule has 1 N–H and O–H groups in total. The van der Waals surface area contributed by atoms with Gasteiger partial charge in [-0.3, -0.25) is 0 Å². The molecule has 0 aromatic heterocycles. The predicted octanol–water partition coefficient (Wildman–Crippen LogP) is 1.33. The SMILES string of the molecule is COC1(OC)CCOCC1NCc1ccc2c(c1)OCCO2. The number of hydrogen-bond acceptors (Lipinski definition) is 6. The fourth-order valence-corrected chi connectivity index (χ4v) is 2.94. The smallest absolute Gasteiger partial charge is 0.187 e. The summed E-state index contributed by atoms with van der Waals surface area (Å²) < 4.78 is 27.9. The molecule has 6 heteroatoms. The summed E-state index contributed by atoms with van der Waals surface area (Å²) in [6.45, 7) is 3.08. The molecule has 1 aromatic rings. The van der Waals surface area contributed by atoms with Crippen LogP contribution in [0.25, 0.3) is 0 Å². The molecule has 1 unspecified atom stereocenters. The molecule has 1 saturated heterocycles. The number of fused-ring (bicyclic) bond motifs is 1. The topological polar surface area (TPSA) is 58.2 Å². The molecule has 2 heterocycles. The Kier molecular flexibility index (Phi) is 4.83. The lowest BCUT2D eigenvalue weighted by Gasteiger charge is -2.41. The van der Waals surface area contributed by atoms with Gasteiger partial charge in [0, 0.05) is 27.2 Å². The van der Waals surface area contributed by atoms with E-state index in [4.69, 9.17) is 23.7 Å². The van der Waals surface area contributed by atoms with Crippen LogP contribution in [0.5, 0.6) is 11.5 Å². The highest BCUT2D eigenvalue weighted by Gasteiger charge is 2.41. The fourth-order valence-electron chi connectivity index (χ4n) is 2.94. The Balaban J connectivity index is 1.66. The maximum absolute atomic E-state index is 5.61. The molecule has 6 nitrogen and oxygen atoms in total. The molecule has 0 bridgehead atoms. The third-order valence-electron chi connectivity index (χ3n) is 4.26. The van der Waals surface area contributed by atoms with Crippen molar-refractivity contribution in [3.05, 3.63) is 23.8 Å². The van der Waals surface area contributed by atoms with Crippen molar-refractivity contribution in [3.63, 3.8) is 0 Å². The highest BCUT2D eigenvalue weighted by Crippen LogP contribution is 2.31. The van der Waals surface area contributed by atoms with E-state index in [1.807, 2.05) is 18.2 Å². The molecule has 0 amide bonds. The third-order valence-corrected chi connectivity index (χ3v) is 4.26. The van der Waals surface area contributed by atoms with Gasteiger partial charge in [0.2, 0.25) is 0 Å². The van der Waals surface area contributed by atoms with Crippen LogP contribution >= 0.6 is 0 Å². The Labute approximate surface area is 130 Å². The minimum absolute atomic E-state index is 0.0237. The van der Waals surface area contributed by atoms with Crippen LogP contribution in [0.3, 0.4) is 0 Å². The van der Waals surface area contributed by atoms with E-state index in [1.165, 1.54) is 0 Å². The minimum Gasteiger partial charge on any atom is -0.486 e. The molecule has 1 fully saturated rings. The quantitative estimate of drug-likeness (QED) is 0.828. The first-order valence-electron chi connectivity index (χ1n) is 7.57. The van der Waals surface area contributed by atoms with E-state index >= 15 is 0 Å². The van der Waals surface area contributed by atoms with Gasteiger partial charge in [0.25, 0.3) is 0 Å². The lowest BCUT2D eigenvalue weighted by molar-refractivity contribution is -0.259. The van der Waals surface area contributed by atoms with E-state index in [1.54, 1.807) is 14.2 Å². The second kappa shape index (κ2) is 6.83. The van der Waals surface area contributed by atoms with Crippen molar-refractivity contribution >= 4 is 0 Å². The molecule has 122 valence electrons. The first kappa shape index (κ1) is 15.6. The summed E-state index contributed by atoms with van der Waals surface area (Å²) in [6.07, 6.45) is 0.707. The zero-order valence-electron chi connectivity index (χ0n) is 13.1. The zero-order chi connectivity index (χ0) is 15.4. The molecule has 22 heavy (non-hydrogen) atoms. The van der Waals surface area contributed by atoms with Crippen LogP contribution < -0.4 is 14.8 Å². The molecule has 3 rings (SSSR count). The van der Waals surface area contributed by atoms with Crippen molar-refractivity contribution in [1.29, 1.82) is 0 Å². The zero-order valence-corrected chi connectivity index (χ0v) is 13.1. The van der Waals surface area contributed by atoms with Gasteiger partial charge < -0.3 is 29.0 Å². The average Bonchev–Trinajstić information content (AvgIpc) is 2.60. The van der Waals surface area contributed by atoms with Crippen LogP contribution in [-0.4, -0.2) is 52.5 Å². The highest BCUT2D eigenvalue weighted by molar-refractivity contribution is 5.43. The van der Waals surface area contributed by atoms with Gasteiger partial charge in [-0.15, -0.1) is 0 Å². The van der Waals surface area contributed by atoms with Gasteiger partial charge in [-0.1, -0.05) is 6.07 Å². The highest BCUT2D eigenvalue weighted by atomic mass is 16.7. The molecule has 0 radical (unpaired) electrons. The maximum Gasteiger partial charge on any atom is 0.187 e. The van der Waals surface area contributed by atoms with E-state index in [9.17, 15) is 0 Å². The predicted molar refractivity (Wildman–Crippen MR) is 80.2 cm³/mol. The van der Waals surface area contributed by atoms with Gasteiger partial charge in [-0.25, -0.2) is 0 Å². The van der Waals surface area contributed by atoms with Crippen LogP contribution in [0.1, 0.15) is 12.0 Å². The Morgan fingerprint density at radius 3 is 2.68 bits per heavy atom. The number of nitrogens with one attached hydrogen (secondary N) is 1. The van der Waals surface area contributed by atoms with E-state index in [0.717, 1.165) is 17.1 Å². The summed E-state index contributed by atoms with van der Waals surface area (Å²) in [5.74, 6) is 0.973. The molecular weight excluding hydrogens is 286 g/mol. The Hall–Kier alpha value is -1.34. The molecule has 0 spiro atoms. The van der Waals surface area contributed by atoms with Crippen LogP contribution in [-0.2, 0) is 20.8 Å². The monoisotopic (exact) mass is 309 g/mol. The van der Waals surface area contributed by atoms with Crippen molar-refractivity contribution in [2.24, 2.45) is 0 Å². The Morgan fingerprint density at radius 2 is 1.91 bits per heavy atom. The first-order valence-corrected chi connectivity index (χ1v) is 7.57. The van der Waals surface area contributed by atoms with E-state index < -0.39 is 5.79 Å². The number of rotatable bonds is 5. The van der Waals surface area contributed by atoms with Gasteiger partial charge in [0.15, 0.2) is 17.3 Å². The summed E-state index contributed by atoms with van der Waals surface area (Å²) >= 11 is 0. The van der Waals surface area contributed by atoms with Gasteiger partial charge >= 0.3 is 0 Å². The number of methoxy groups -OCH3 is 2. The second-order valence-corrected chi connectivity index (χ2v) is 5.46. The summed E-state index contributed by atoms with van der Waals surface area (Å²) in [4.78, 5) is 0. The molecule has 2 aliphatic heterocycles. The van der Waals surface area contributed by atoms with Crippen molar-refractivity contribution in [2.75, 3.05) is 40.6 Å². The van der Waals surface area contributed by atoms with Gasteiger partial charge in [-0.2, -0.15) is 0 Å². The maximum atomic E-state index is 5.61. The second-order valence-electron chi connectivity index (χ2n) is 5.46. The molecule has 1 atom stereocenters. The lowest BCUT2D eigenvalue weighted by atomic mass is 10.0. The van der Waals surface area contributed by atoms with Gasteiger partial charge in [0.1, 0.15) is 13.2 Å².